The number of hydrogen-bond acceptors (Lipinski definition) is 4. The molecule has 0 unspecified atom stereocenters. The van der Waals surface area contributed by atoms with Crippen LogP contribution in [0, 0.1) is 0 Å². The number of nitrogens with two attached hydrogens (primary N) is 1. The molecule has 1 heterocycles. The topological polar surface area (TPSA) is 73.8 Å². The lowest BCUT2D eigenvalue weighted by molar-refractivity contribution is 0.0913. The number of aromatic nitrogens is 3. The summed E-state index contributed by atoms with van der Waals surface area (Å²) < 4.78 is 1.34. The van der Waals surface area contributed by atoms with Gasteiger partial charge in [0.1, 0.15) is 0 Å². The maximum Gasteiger partial charge on any atom is 0.234 e. The molecule has 2 rings (SSSR count). The Labute approximate surface area is 92.9 Å². The van der Waals surface area contributed by atoms with Crippen molar-refractivity contribution in [1.82, 2.24) is 14.8 Å². The van der Waals surface area contributed by atoms with E-state index in [1.165, 1.54) is 4.57 Å². The van der Waals surface area contributed by atoms with E-state index in [4.69, 9.17) is 5.73 Å². The van der Waals surface area contributed by atoms with Crippen molar-refractivity contribution in [3.05, 3.63) is 30.3 Å². The van der Waals surface area contributed by atoms with Gasteiger partial charge < -0.3 is 5.73 Å². The van der Waals surface area contributed by atoms with Gasteiger partial charge in [-0.15, -0.1) is 10.2 Å². The van der Waals surface area contributed by atoms with Crippen LogP contribution in [0.4, 0.5) is 5.95 Å². The predicted octanol–water partition coefficient (Wildman–Crippen LogP) is 1.58. The highest BCUT2D eigenvalue weighted by Gasteiger charge is 2.15. The van der Waals surface area contributed by atoms with Gasteiger partial charge in [-0.1, -0.05) is 37.3 Å². The maximum atomic E-state index is 11.7. The van der Waals surface area contributed by atoms with Gasteiger partial charge in [0, 0.05) is 12.0 Å². The third kappa shape index (κ3) is 1.67. The molecule has 2 aromatic rings. The number of carbonyl (C=O) groups is 1. The van der Waals surface area contributed by atoms with E-state index in [1.54, 1.807) is 6.92 Å². The SMILES string of the molecule is CCC(=O)n1c(N)nnc1-c1ccccc1. The maximum absolute atomic E-state index is 11.7. The van der Waals surface area contributed by atoms with Gasteiger partial charge in [-0.2, -0.15) is 0 Å². The molecule has 0 aliphatic heterocycles. The molecule has 1 aromatic carbocycles. The number of benzene rings is 1. The molecule has 5 heteroatoms. The Balaban J connectivity index is 2.55. The van der Waals surface area contributed by atoms with Crippen molar-refractivity contribution < 1.29 is 4.79 Å². The fourth-order valence-corrected chi connectivity index (χ4v) is 1.47. The van der Waals surface area contributed by atoms with E-state index in [9.17, 15) is 4.79 Å². The van der Waals surface area contributed by atoms with Crippen molar-refractivity contribution >= 4 is 11.9 Å². The van der Waals surface area contributed by atoms with Crippen molar-refractivity contribution in [2.45, 2.75) is 13.3 Å². The number of nitrogens with zero attached hydrogens (tertiary/aromatic N) is 3. The van der Waals surface area contributed by atoms with Gasteiger partial charge in [-0.3, -0.25) is 4.79 Å². The normalized spacial score (nSPS) is 10.3. The van der Waals surface area contributed by atoms with Crippen molar-refractivity contribution in [2.24, 2.45) is 0 Å². The molecule has 0 aliphatic carbocycles. The molecule has 82 valence electrons. The van der Waals surface area contributed by atoms with Crippen molar-refractivity contribution in [3.8, 4) is 11.4 Å². The summed E-state index contributed by atoms with van der Waals surface area (Å²) in [4.78, 5) is 11.7. The molecule has 0 bridgehead atoms. The zero-order valence-corrected chi connectivity index (χ0v) is 8.92. The van der Waals surface area contributed by atoms with Crippen LogP contribution in [0.25, 0.3) is 11.4 Å². The highest BCUT2D eigenvalue weighted by Crippen LogP contribution is 2.19. The van der Waals surface area contributed by atoms with E-state index in [1.807, 2.05) is 30.3 Å². The van der Waals surface area contributed by atoms with Gasteiger partial charge in [-0.05, 0) is 0 Å². The number of hydrogen-bond donors (Lipinski definition) is 1. The lowest BCUT2D eigenvalue weighted by Crippen LogP contribution is -2.13. The van der Waals surface area contributed by atoms with Crippen LogP contribution in [0.1, 0.15) is 18.1 Å². The van der Waals surface area contributed by atoms with Crippen molar-refractivity contribution in [2.75, 3.05) is 5.73 Å². The predicted molar refractivity (Wildman–Crippen MR) is 60.8 cm³/mol. The minimum Gasteiger partial charge on any atom is -0.367 e. The molecule has 0 fully saturated rings. The number of rotatable bonds is 2. The highest BCUT2D eigenvalue weighted by molar-refractivity contribution is 5.85. The molecule has 0 saturated carbocycles. The standard InChI is InChI=1S/C11H12N4O/c1-2-9(16)15-10(13-14-11(15)12)8-6-4-3-5-7-8/h3-7H,2H2,1H3,(H2,12,14). The Morgan fingerprint density at radius 1 is 1.31 bits per heavy atom. The first-order valence-electron chi connectivity index (χ1n) is 5.03. The average molecular weight is 216 g/mol. The van der Waals surface area contributed by atoms with Crippen molar-refractivity contribution in [3.63, 3.8) is 0 Å². The number of carbonyl (C=O) groups excluding carboxylic acids is 1. The van der Waals surface area contributed by atoms with E-state index in [-0.39, 0.29) is 11.9 Å². The van der Waals surface area contributed by atoms with Gasteiger partial charge in [0.2, 0.25) is 11.9 Å². The number of anilines is 1. The molecule has 0 spiro atoms. The Morgan fingerprint density at radius 2 is 2.00 bits per heavy atom. The fourth-order valence-electron chi connectivity index (χ4n) is 1.47. The first kappa shape index (κ1) is 10.4. The summed E-state index contributed by atoms with van der Waals surface area (Å²) in [5.74, 6) is 0.511. The first-order chi connectivity index (χ1) is 7.74. The van der Waals surface area contributed by atoms with E-state index < -0.39 is 0 Å². The molecule has 5 nitrogen and oxygen atoms in total. The van der Waals surface area contributed by atoms with E-state index in [0.717, 1.165) is 5.56 Å². The molecule has 0 amide bonds. The van der Waals surface area contributed by atoms with Crippen LogP contribution in [-0.2, 0) is 0 Å². The lowest BCUT2D eigenvalue weighted by atomic mass is 10.2. The van der Waals surface area contributed by atoms with Crippen LogP contribution < -0.4 is 5.73 Å². The van der Waals surface area contributed by atoms with Crippen LogP contribution in [-0.4, -0.2) is 20.7 Å². The molecule has 2 N–H and O–H groups in total. The monoisotopic (exact) mass is 216 g/mol. The minimum absolute atomic E-state index is 0.110. The molecule has 1 aromatic heterocycles. The summed E-state index contributed by atoms with van der Waals surface area (Å²) in [6.07, 6.45) is 0.363. The third-order valence-corrected chi connectivity index (χ3v) is 2.27. The summed E-state index contributed by atoms with van der Waals surface area (Å²) in [6.45, 7) is 1.77. The van der Waals surface area contributed by atoms with Crippen LogP contribution in [0.5, 0.6) is 0 Å². The molecular formula is C11H12N4O. The largest absolute Gasteiger partial charge is 0.367 e. The van der Waals surface area contributed by atoms with E-state index in [0.29, 0.717) is 12.2 Å². The molecule has 0 aliphatic rings. The smallest absolute Gasteiger partial charge is 0.234 e. The zero-order chi connectivity index (χ0) is 11.5. The van der Waals surface area contributed by atoms with Gasteiger partial charge in [-0.25, -0.2) is 4.57 Å². The molecule has 0 radical (unpaired) electrons. The second kappa shape index (κ2) is 4.14. The summed E-state index contributed by atoms with van der Waals surface area (Å²) in [5, 5.41) is 7.65. The Bertz CT molecular complexity index is 504. The molecule has 0 saturated heterocycles. The van der Waals surface area contributed by atoms with Gasteiger partial charge in [0.05, 0.1) is 0 Å². The van der Waals surface area contributed by atoms with Gasteiger partial charge >= 0.3 is 0 Å². The van der Waals surface area contributed by atoms with Crippen molar-refractivity contribution in [1.29, 1.82) is 0 Å². The van der Waals surface area contributed by atoms with E-state index in [2.05, 4.69) is 10.2 Å². The van der Waals surface area contributed by atoms with Crippen LogP contribution in [0.3, 0.4) is 0 Å². The average Bonchev–Trinajstić information content (AvgIpc) is 2.71. The summed E-state index contributed by atoms with van der Waals surface area (Å²) >= 11 is 0. The summed E-state index contributed by atoms with van der Waals surface area (Å²) in [7, 11) is 0. The minimum atomic E-state index is -0.110. The first-order valence-corrected chi connectivity index (χ1v) is 5.03. The zero-order valence-electron chi connectivity index (χ0n) is 8.92. The lowest BCUT2D eigenvalue weighted by Gasteiger charge is -2.04. The van der Waals surface area contributed by atoms with Gasteiger partial charge in [0.15, 0.2) is 5.82 Å². The Morgan fingerprint density at radius 3 is 2.62 bits per heavy atom. The third-order valence-electron chi connectivity index (χ3n) is 2.27. The molecule has 0 atom stereocenters. The summed E-state index contributed by atoms with van der Waals surface area (Å²) in [5.41, 5.74) is 6.45. The fraction of sp³-hybridized carbons (Fsp3) is 0.182. The summed E-state index contributed by atoms with van der Waals surface area (Å²) in [6, 6.07) is 9.38. The molecular weight excluding hydrogens is 204 g/mol. The quantitative estimate of drug-likeness (QED) is 0.827. The molecule has 16 heavy (non-hydrogen) atoms. The second-order valence-corrected chi connectivity index (χ2v) is 3.33. The van der Waals surface area contributed by atoms with Crippen LogP contribution >= 0.6 is 0 Å². The second-order valence-electron chi connectivity index (χ2n) is 3.33. The van der Waals surface area contributed by atoms with Crippen LogP contribution in [0.15, 0.2) is 30.3 Å². The van der Waals surface area contributed by atoms with Crippen LogP contribution in [0.2, 0.25) is 0 Å². The highest BCUT2D eigenvalue weighted by atomic mass is 16.2. The van der Waals surface area contributed by atoms with Gasteiger partial charge in [0.25, 0.3) is 0 Å². The van der Waals surface area contributed by atoms with E-state index >= 15 is 0 Å². The Kier molecular flexibility index (Phi) is 2.68. The number of nitrogen functional groups attached to an aromatic ring is 1. The Hall–Kier alpha value is -2.17.